The quantitative estimate of drug-likeness (QED) is 0.829. The van der Waals surface area contributed by atoms with E-state index in [1.165, 1.54) is 6.07 Å². The Kier molecular flexibility index (Phi) is 2.62. The molecular formula is C10H10FN3O. The van der Waals surface area contributed by atoms with Gasteiger partial charge in [-0.2, -0.15) is 0 Å². The number of nitrogens with two attached hydrogens (primary N) is 1. The van der Waals surface area contributed by atoms with Crippen LogP contribution in [0.2, 0.25) is 0 Å². The van der Waals surface area contributed by atoms with E-state index in [1.54, 1.807) is 18.2 Å². The van der Waals surface area contributed by atoms with E-state index in [-0.39, 0.29) is 11.6 Å². The maximum Gasteiger partial charge on any atom is 0.191 e. The van der Waals surface area contributed by atoms with Crippen molar-refractivity contribution in [3.05, 3.63) is 41.3 Å². The van der Waals surface area contributed by atoms with Gasteiger partial charge in [0.2, 0.25) is 0 Å². The van der Waals surface area contributed by atoms with Gasteiger partial charge in [0.05, 0.1) is 0 Å². The molecule has 0 spiro atoms. The first kappa shape index (κ1) is 9.64. The Morgan fingerprint density at radius 2 is 2.00 bits per heavy atom. The van der Waals surface area contributed by atoms with E-state index in [9.17, 15) is 4.39 Å². The number of hydrogen-bond acceptors (Lipinski definition) is 4. The molecule has 0 aliphatic rings. The van der Waals surface area contributed by atoms with Crippen LogP contribution in [0.25, 0.3) is 0 Å². The minimum atomic E-state index is -0.215. The van der Waals surface area contributed by atoms with Crippen molar-refractivity contribution in [3.63, 3.8) is 0 Å². The van der Waals surface area contributed by atoms with Gasteiger partial charge in [0.15, 0.2) is 5.82 Å². The molecule has 1 aromatic carbocycles. The van der Waals surface area contributed by atoms with Crippen molar-refractivity contribution in [3.8, 4) is 0 Å². The lowest BCUT2D eigenvalue weighted by Gasteiger charge is -2.00. The van der Waals surface area contributed by atoms with Gasteiger partial charge in [-0.1, -0.05) is 23.4 Å². The number of benzene rings is 1. The number of hydrogen-bond donors (Lipinski definition) is 1. The second-order valence-electron chi connectivity index (χ2n) is 3.19. The fraction of sp³-hybridized carbons (Fsp3) is 0.200. The number of halogens is 1. The number of rotatable bonds is 3. The number of anilines is 1. The molecule has 5 heteroatoms. The first-order valence-corrected chi connectivity index (χ1v) is 4.57. The highest BCUT2D eigenvalue weighted by Crippen LogP contribution is 2.12. The van der Waals surface area contributed by atoms with Crippen LogP contribution in [-0.4, -0.2) is 10.3 Å². The molecule has 0 bridgehead atoms. The van der Waals surface area contributed by atoms with Crippen LogP contribution in [0.5, 0.6) is 0 Å². The number of aromatic nitrogens is 2. The normalized spacial score (nSPS) is 10.5. The van der Waals surface area contributed by atoms with Crippen LogP contribution in [0.3, 0.4) is 0 Å². The second kappa shape index (κ2) is 4.08. The molecule has 15 heavy (non-hydrogen) atoms. The summed E-state index contributed by atoms with van der Waals surface area (Å²) in [5, 5.41) is 7.08. The van der Waals surface area contributed by atoms with Gasteiger partial charge in [-0.15, -0.1) is 0 Å². The van der Waals surface area contributed by atoms with Crippen molar-refractivity contribution in [2.45, 2.75) is 12.8 Å². The van der Waals surface area contributed by atoms with Gasteiger partial charge >= 0.3 is 0 Å². The van der Waals surface area contributed by atoms with Gasteiger partial charge in [0.1, 0.15) is 11.5 Å². The molecule has 0 fully saturated rings. The van der Waals surface area contributed by atoms with E-state index < -0.39 is 0 Å². The molecule has 2 rings (SSSR count). The average molecular weight is 207 g/mol. The zero-order valence-electron chi connectivity index (χ0n) is 7.98. The minimum absolute atomic E-state index is 0.215. The molecule has 0 saturated carbocycles. The predicted molar refractivity (Wildman–Crippen MR) is 52.5 cm³/mol. The van der Waals surface area contributed by atoms with Gasteiger partial charge in [0, 0.05) is 6.42 Å². The van der Waals surface area contributed by atoms with Crippen molar-refractivity contribution in [2.24, 2.45) is 0 Å². The van der Waals surface area contributed by atoms with Crippen LogP contribution in [-0.2, 0) is 12.8 Å². The third-order valence-electron chi connectivity index (χ3n) is 2.17. The van der Waals surface area contributed by atoms with Crippen molar-refractivity contribution < 1.29 is 9.02 Å². The van der Waals surface area contributed by atoms with E-state index in [1.807, 2.05) is 0 Å². The van der Waals surface area contributed by atoms with E-state index in [2.05, 4.69) is 14.9 Å². The fourth-order valence-electron chi connectivity index (χ4n) is 1.34. The molecule has 0 aliphatic carbocycles. The third kappa shape index (κ3) is 2.12. The van der Waals surface area contributed by atoms with Crippen molar-refractivity contribution in [1.82, 2.24) is 10.3 Å². The zero-order valence-corrected chi connectivity index (χ0v) is 7.98. The molecule has 78 valence electrons. The molecule has 0 aliphatic heterocycles. The Labute approximate surface area is 85.9 Å². The molecule has 0 unspecified atom stereocenters. The summed E-state index contributed by atoms with van der Waals surface area (Å²) < 4.78 is 17.7. The van der Waals surface area contributed by atoms with Crippen LogP contribution in [0.15, 0.2) is 28.9 Å². The maximum atomic E-state index is 13.2. The first-order chi connectivity index (χ1) is 7.27. The van der Waals surface area contributed by atoms with Crippen LogP contribution in [0.4, 0.5) is 10.2 Å². The van der Waals surface area contributed by atoms with Gasteiger partial charge in [-0.05, 0) is 23.2 Å². The molecule has 4 nitrogen and oxygen atoms in total. The molecule has 0 amide bonds. The largest absolute Gasteiger partial charge is 0.379 e. The molecule has 2 aromatic rings. The Morgan fingerprint density at radius 3 is 2.67 bits per heavy atom. The molecular weight excluding hydrogens is 197 g/mol. The fourth-order valence-corrected chi connectivity index (χ4v) is 1.34. The van der Waals surface area contributed by atoms with Crippen LogP contribution in [0.1, 0.15) is 11.3 Å². The molecule has 2 N–H and O–H groups in total. The van der Waals surface area contributed by atoms with Crippen LogP contribution in [0, 0.1) is 5.82 Å². The summed E-state index contributed by atoms with van der Waals surface area (Å²) in [5.41, 5.74) is 6.69. The van der Waals surface area contributed by atoms with Gasteiger partial charge in [0.25, 0.3) is 0 Å². The second-order valence-corrected chi connectivity index (χ2v) is 3.19. The summed E-state index contributed by atoms with van der Waals surface area (Å²) in [5.74, 6) is 0.0545. The minimum Gasteiger partial charge on any atom is -0.379 e. The Bertz CT molecular complexity index is 455. The van der Waals surface area contributed by atoms with Gasteiger partial charge in [-0.25, -0.2) is 9.02 Å². The number of nitrogen functional groups attached to an aromatic ring is 1. The first-order valence-electron chi connectivity index (χ1n) is 4.57. The van der Waals surface area contributed by atoms with Crippen LogP contribution < -0.4 is 5.73 Å². The lowest BCUT2D eigenvalue weighted by molar-refractivity contribution is 0.304. The standard InChI is InChI=1S/C10H10FN3O/c11-8-4-2-1-3-7(8)5-6-9-10(12)14-15-13-9/h1-4H,5-6H2,(H2,12,14). The molecule has 0 atom stereocenters. The van der Waals surface area contributed by atoms with E-state index in [0.717, 1.165) is 0 Å². The molecule has 1 heterocycles. The Hall–Kier alpha value is -1.91. The molecule has 1 aromatic heterocycles. The van der Waals surface area contributed by atoms with Gasteiger partial charge in [-0.3, -0.25) is 0 Å². The predicted octanol–water partition coefficient (Wildman–Crippen LogP) is 1.58. The van der Waals surface area contributed by atoms with E-state index in [0.29, 0.717) is 24.1 Å². The monoisotopic (exact) mass is 207 g/mol. The lowest BCUT2D eigenvalue weighted by Crippen LogP contribution is -1.98. The lowest BCUT2D eigenvalue weighted by atomic mass is 10.1. The topological polar surface area (TPSA) is 64.9 Å². The average Bonchev–Trinajstić information content (AvgIpc) is 2.63. The Morgan fingerprint density at radius 1 is 1.20 bits per heavy atom. The zero-order chi connectivity index (χ0) is 10.7. The summed E-state index contributed by atoms with van der Waals surface area (Å²) in [4.78, 5) is 0. The molecule has 0 saturated heterocycles. The maximum absolute atomic E-state index is 13.2. The summed E-state index contributed by atoms with van der Waals surface area (Å²) in [6.45, 7) is 0. The van der Waals surface area contributed by atoms with E-state index in [4.69, 9.17) is 5.73 Å². The number of nitrogens with zero attached hydrogens (tertiary/aromatic N) is 2. The van der Waals surface area contributed by atoms with Gasteiger partial charge < -0.3 is 5.73 Å². The highest BCUT2D eigenvalue weighted by atomic mass is 19.1. The van der Waals surface area contributed by atoms with Crippen molar-refractivity contribution >= 4 is 5.82 Å². The van der Waals surface area contributed by atoms with Crippen molar-refractivity contribution in [2.75, 3.05) is 5.73 Å². The highest BCUT2D eigenvalue weighted by molar-refractivity contribution is 5.32. The highest BCUT2D eigenvalue weighted by Gasteiger charge is 2.07. The summed E-state index contributed by atoms with van der Waals surface area (Å²) in [6, 6.07) is 6.62. The summed E-state index contributed by atoms with van der Waals surface area (Å²) >= 11 is 0. The molecule has 0 radical (unpaired) electrons. The summed E-state index contributed by atoms with van der Waals surface area (Å²) in [6.07, 6.45) is 1.06. The SMILES string of the molecule is Nc1nonc1CCc1ccccc1F. The third-order valence-corrected chi connectivity index (χ3v) is 2.17. The van der Waals surface area contributed by atoms with E-state index >= 15 is 0 Å². The van der Waals surface area contributed by atoms with Crippen LogP contribution >= 0.6 is 0 Å². The summed E-state index contributed by atoms with van der Waals surface area (Å²) in [7, 11) is 0. The Balaban J connectivity index is 2.06. The smallest absolute Gasteiger partial charge is 0.191 e. The number of aryl methyl sites for hydroxylation is 2. The van der Waals surface area contributed by atoms with Crippen molar-refractivity contribution in [1.29, 1.82) is 0 Å².